The van der Waals surface area contributed by atoms with Crippen molar-refractivity contribution in [1.82, 2.24) is 9.55 Å². The standard InChI is InChI=1S/C22H23Cl2N3O3/c1-14(2)17-12-16(4-5-20(17)29-3)30-22-18(23)10-15(11-19(22)24)26-21(28)6-8-27-9-7-25-13-27/h4-5,7,9-14H,6,8H2,1-3H3,(H,26,28). The number of nitrogens with one attached hydrogen (secondary N) is 1. The van der Waals surface area contributed by atoms with Crippen LogP contribution >= 0.6 is 23.2 Å². The van der Waals surface area contributed by atoms with Crippen molar-refractivity contribution in [3.63, 3.8) is 0 Å². The highest BCUT2D eigenvalue weighted by molar-refractivity contribution is 6.37. The van der Waals surface area contributed by atoms with E-state index in [2.05, 4.69) is 24.1 Å². The van der Waals surface area contributed by atoms with Crippen molar-refractivity contribution in [1.29, 1.82) is 0 Å². The molecule has 6 nitrogen and oxygen atoms in total. The summed E-state index contributed by atoms with van der Waals surface area (Å²) in [4.78, 5) is 16.1. The predicted molar refractivity (Wildman–Crippen MR) is 119 cm³/mol. The van der Waals surface area contributed by atoms with Gasteiger partial charge in [-0.2, -0.15) is 0 Å². The number of aryl methyl sites for hydroxylation is 1. The second-order valence-electron chi connectivity index (χ2n) is 7.03. The molecular formula is C22H23Cl2N3O3. The van der Waals surface area contributed by atoms with Gasteiger partial charge in [-0.3, -0.25) is 4.79 Å². The minimum Gasteiger partial charge on any atom is -0.496 e. The molecule has 2 aromatic carbocycles. The van der Waals surface area contributed by atoms with Gasteiger partial charge in [0.2, 0.25) is 5.91 Å². The number of anilines is 1. The first-order chi connectivity index (χ1) is 14.4. The maximum absolute atomic E-state index is 12.2. The first kappa shape index (κ1) is 22.0. The highest BCUT2D eigenvalue weighted by Crippen LogP contribution is 2.40. The third kappa shape index (κ3) is 5.46. The third-order valence-electron chi connectivity index (χ3n) is 4.48. The Morgan fingerprint density at radius 3 is 2.53 bits per heavy atom. The van der Waals surface area contributed by atoms with E-state index in [9.17, 15) is 4.79 Å². The van der Waals surface area contributed by atoms with Crippen LogP contribution in [-0.4, -0.2) is 22.6 Å². The zero-order chi connectivity index (χ0) is 21.7. The average molecular weight is 448 g/mol. The molecule has 1 aromatic heterocycles. The van der Waals surface area contributed by atoms with Crippen LogP contribution in [0.1, 0.15) is 31.7 Å². The van der Waals surface area contributed by atoms with Gasteiger partial charge in [-0.1, -0.05) is 37.0 Å². The molecule has 3 rings (SSSR count). The lowest BCUT2D eigenvalue weighted by Crippen LogP contribution is -2.14. The van der Waals surface area contributed by atoms with Crippen molar-refractivity contribution in [3.05, 3.63) is 64.7 Å². The Labute approximate surface area is 185 Å². The summed E-state index contributed by atoms with van der Waals surface area (Å²) in [5, 5.41) is 3.40. The number of ether oxygens (including phenoxy) is 2. The summed E-state index contributed by atoms with van der Waals surface area (Å²) < 4.78 is 13.2. The minimum atomic E-state index is -0.152. The fraction of sp³-hybridized carbons (Fsp3) is 0.273. The van der Waals surface area contributed by atoms with E-state index < -0.39 is 0 Å². The summed E-state index contributed by atoms with van der Waals surface area (Å²) >= 11 is 12.8. The molecule has 1 heterocycles. The second-order valence-corrected chi connectivity index (χ2v) is 7.84. The highest BCUT2D eigenvalue weighted by Gasteiger charge is 2.15. The Morgan fingerprint density at radius 2 is 1.93 bits per heavy atom. The van der Waals surface area contributed by atoms with Crippen LogP contribution in [0.5, 0.6) is 17.2 Å². The summed E-state index contributed by atoms with van der Waals surface area (Å²) in [7, 11) is 1.64. The number of halogens is 2. The van der Waals surface area contributed by atoms with E-state index in [-0.39, 0.29) is 11.8 Å². The zero-order valence-electron chi connectivity index (χ0n) is 17.0. The molecule has 0 unspecified atom stereocenters. The SMILES string of the molecule is COc1ccc(Oc2c(Cl)cc(NC(=O)CCn3ccnc3)cc2Cl)cc1C(C)C. The van der Waals surface area contributed by atoms with Gasteiger partial charge in [0.25, 0.3) is 0 Å². The molecule has 0 bridgehead atoms. The Hall–Kier alpha value is -2.70. The van der Waals surface area contributed by atoms with Crippen LogP contribution in [0.15, 0.2) is 49.1 Å². The Bertz CT molecular complexity index is 997. The molecule has 158 valence electrons. The molecule has 0 aliphatic heterocycles. The minimum absolute atomic E-state index is 0.152. The van der Waals surface area contributed by atoms with E-state index in [0.29, 0.717) is 40.2 Å². The molecule has 0 saturated carbocycles. The molecule has 0 aliphatic carbocycles. The molecule has 0 radical (unpaired) electrons. The normalized spacial score (nSPS) is 10.9. The van der Waals surface area contributed by atoms with Crippen molar-refractivity contribution >= 4 is 34.8 Å². The van der Waals surface area contributed by atoms with Crippen LogP contribution in [-0.2, 0) is 11.3 Å². The number of carbonyl (C=O) groups excluding carboxylic acids is 1. The Morgan fingerprint density at radius 1 is 1.20 bits per heavy atom. The predicted octanol–water partition coefficient (Wildman–Crippen LogP) is 6.14. The summed E-state index contributed by atoms with van der Waals surface area (Å²) in [6, 6.07) is 8.78. The van der Waals surface area contributed by atoms with E-state index >= 15 is 0 Å². The van der Waals surface area contributed by atoms with Gasteiger partial charge >= 0.3 is 0 Å². The number of methoxy groups -OCH3 is 1. The number of carbonyl (C=O) groups is 1. The molecule has 3 aromatic rings. The van der Waals surface area contributed by atoms with Crippen molar-refractivity contribution in [2.45, 2.75) is 32.7 Å². The number of hydrogen-bond acceptors (Lipinski definition) is 4. The van der Waals surface area contributed by atoms with Gasteiger partial charge in [0.15, 0.2) is 5.75 Å². The van der Waals surface area contributed by atoms with Gasteiger partial charge in [-0.05, 0) is 36.2 Å². The molecule has 1 N–H and O–H groups in total. The topological polar surface area (TPSA) is 65.4 Å². The Balaban J connectivity index is 1.71. The lowest BCUT2D eigenvalue weighted by atomic mass is 10.0. The number of aromatic nitrogens is 2. The molecule has 0 aliphatic rings. The van der Waals surface area contributed by atoms with Crippen LogP contribution in [0.4, 0.5) is 5.69 Å². The Kier molecular flexibility index (Phi) is 7.24. The number of nitrogens with zero attached hydrogens (tertiary/aromatic N) is 2. The second kappa shape index (κ2) is 9.87. The van der Waals surface area contributed by atoms with Crippen LogP contribution in [0.2, 0.25) is 10.0 Å². The summed E-state index contributed by atoms with van der Waals surface area (Å²) in [5.41, 5.74) is 1.52. The van der Waals surface area contributed by atoms with Gasteiger partial charge in [0.05, 0.1) is 23.5 Å². The summed E-state index contributed by atoms with van der Waals surface area (Å²) in [6.07, 6.45) is 5.44. The maximum Gasteiger partial charge on any atom is 0.226 e. The molecule has 8 heteroatoms. The number of hydrogen-bond donors (Lipinski definition) is 1. The lowest BCUT2D eigenvalue weighted by molar-refractivity contribution is -0.116. The molecule has 30 heavy (non-hydrogen) atoms. The smallest absolute Gasteiger partial charge is 0.226 e. The van der Waals surface area contributed by atoms with Gasteiger partial charge in [-0.25, -0.2) is 4.98 Å². The van der Waals surface area contributed by atoms with Crippen LogP contribution in [0.3, 0.4) is 0 Å². The zero-order valence-corrected chi connectivity index (χ0v) is 18.5. The monoisotopic (exact) mass is 447 g/mol. The van der Waals surface area contributed by atoms with Gasteiger partial charge in [0.1, 0.15) is 11.5 Å². The number of rotatable bonds is 8. The average Bonchev–Trinajstić information content (AvgIpc) is 3.22. The molecular weight excluding hydrogens is 425 g/mol. The van der Waals surface area contributed by atoms with Gasteiger partial charge in [-0.15, -0.1) is 0 Å². The maximum atomic E-state index is 12.2. The molecule has 0 saturated heterocycles. The van der Waals surface area contributed by atoms with E-state index in [1.165, 1.54) is 0 Å². The summed E-state index contributed by atoms with van der Waals surface area (Å²) in [5.74, 6) is 1.83. The van der Waals surface area contributed by atoms with E-state index in [1.54, 1.807) is 44.0 Å². The molecule has 0 spiro atoms. The molecule has 0 atom stereocenters. The molecule has 0 fully saturated rings. The van der Waals surface area contributed by atoms with Crippen molar-refractivity contribution in [3.8, 4) is 17.2 Å². The van der Waals surface area contributed by atoms with E-state index in [4.69, 9.17) is 32.7 Å². The number of imidazole rings is 1. The number of benzene rings is 2. The quantitative estimate of drug-likeness (QED) is 0.449. The first-order valence-corrected chi connectivity index (χ1v) is 10.2. The highest BCUT2D eigenvalue weighted by atomic mass is 35.5. The van der Waals surface area contributed by atoms with Crippen LogP contribution in [0.25, 0.3) is 0 Å². The largest absolute Gasteiger partial charge is 0.496 e. The van der Waals surface area contributed by atoms with E-state index in [0.717, 1.165) is 11.3 Å². The van der Waals surface area contributed by atoms with Crippen molar-refractivity contribution in [2.24, 2.45) is 0 Å². The fourth-order valence-corrected chi connectivity index (χ4v) is 3.51. The molecule has 1 amide bonds. The first-order valence-electron chi connectivity index (χ1n) is 9.47. The summed E-state index contributed by atoms with van der Waals surface area (Å²) in [6.45, 7) is 4.68. The van der Waals surface area contributed by atoms with Crippen molar-refractivity contribution < 1.29 is 14.3 Å². The van der Waals surface area contributed by atoms with Crippen LogP contribution in [0, 0.1) is 0 Å². The van der Waals surface area contributed by atoms with Gasteiger partial charge < -0.3 is 19.4 Å². The van der Waals surface area contributed by atoms with Crippen molar-refractivity contribution in [2.75, 3.05) is 12.4 Å². The fourth-order valence-electron chi connectivity index (χ4n) is 2.95. The third-order valence-corrected chi connectivity index (χ3v) is 5.04. The van der Waals surface area contributed by atoms with Crippen LogP contribution < -0.4 is 14.8 Å². The van der Waals surface area contributed by atoms with E-state index in [1.807, 2.05) is 16.7 Å². The lowest BCUT2D eigenvalue weighted by Gasteiger charge is -2.16. The number of amides is 1. The van der Waals surface area contributed by atoms with Gasteiger partial charge in [0, 0.05) is 36.6 Å².